The van der Waals surface area contributed by atoms with Crippen LogP contribution in [0.4, 0.5) is 0 Å². The van der Waals surface area contributed by atoms with Crippen LogP contribution in [0.25, 0.3) is 0 Å². The van der Waals surface area contributed by atoms with Crippen molar-refractivity contribution in [3.05, 3.63) is 6.42 Å². The van der Waals surface area contributed by atoms with Gasteiger partial charge in [0.15, 0.2) is 0 Å². The molecular formula is C3H6OSi. The summed E-state index contributed by atoms with van der Waals surface area (Å²) in [7, 11) is -0.0228. The molecule has 0 amide bonds. The quantitative estimate of drug-likeness (QED) is 0.341. The van der Waals surface area contributed by atoms with Gasteiger partial charge in [0.1, 0.15) is 0 Å². The average Bonchev–Trinajstić information content (AvgIpc) is 1.41. The minimum absolute atomic E-state index is 0.0228. The first-order valence-electron chi connectivity index (χ1n) is 1.42. The van der Waals surface area contributed by atoms with Crippen LogP contribution in [0.1, 0.15) is 6.92 Å². The molecule has 0 spiro atoms. The van der Waals surface area contributed by atoms with Crippen LogP contribution in [0.3, 0.4) is 0 Å². The lowest BCUT2D eigenvalue weighted by Crippen LogP contribution is -1.76. The maximum atomic E-state index is 8.01. The van der Waals surface area contributed by atoms with Crippen LogP contribution in [0, 0.1) is 6.42 Å². The Hall–Kier alpha value is -0.243. The second-order valence-electron chi connectivity index (χ2n) is 0.629. The van der Waals surface area contributed by atoms with E-state index < -0.39 is 0 Å². The molecule has 1 nitrogen and oxygen atoms in total. The van der Waals surface area contributed by atoms with Crippen LogP contribution >= 0.6 is 0 Å². The third-order valence-corrected chi connectivity index (χ3v) is 0.724. The third kappa shape index (κ3) is 3.76. The molecule has 0 saturated carbocycles. The van der Waals surface area contributed by atoms with E-state index >= 15 is 0 Å². The Bertz CT molecular complexity index is 33.9. The molecule has 0 aliphatic heterocycles. The first-order valence-corrected chi connectivity index (χ1v) is 2.45. The third-order valence-electron chi connectivity index (χ3n) is 0.241. The van der Waals surface area contributed by atoms with Gasteiger partial charge in [-0.3, -0.25) is 0 Å². The fraction of sp³-hybridized carbons (Fsp3) is 0.333. The second-order valence-corrected chi connectivity index (χ2v) is 1.22. The highest BCUT2D eigenvalue weighted by Crippen LogP contribution is 1.52. The summed E-state index contributed by atoms with van der Waals surface area (Å²) in [5, 5.41) is 0. The molecule has 2 heteroatoms. The van der Waals surface area contributed by atoms with E-state index in [1.165, 1.54) is 0 Å². The summed E-state index contributed by atoms with van der Waals surface area (Å²) < 4.78 is 0. The van der Waals surface area contributed by atoms with E-state index in [4.69, 9.17) is 4.80 Å². The van der Waals surface area contributed by atoms with Crippen molar-refractivity contribution in [2.45, 2.75) is 6.92 Å². The van der Waals surface area contributed by atoms with E-state index in [-0.39, 0.29) is 9.38 Å². The fourth-order valence-electron chi connectivity index (χ4n) is 0.0745. The Kier molecular flexibility index (Phi) is 3.57. The van der Waals surface area contributed by atoms with E-state index in [1.54, 1.807) is 5.67 Å². The van der Waals surface area contributed by atoms with E-state index in [1.807, 2.05) is 13.3 Å². The van der Waals surface area contributed by atoms with Gasteiger partial charge in [-0.15, -0.1) is 0 Å². The lowest BCUT2D eigenvalue weighted by molar-refractivity contribution is 0.624. The van der Waals surface area contributed by atoms with E-state index in [0.29, 0.717) is 0 Å². The Morgan fingerprint density at radius 1 is 2.00 bits per heavy atom. The predicted octanol–water partition coefficient (Wildman–Crippen LogP) is -0.376. The Morgan fingerprint density at radius 3 is 2.60 bits per heavy atom. The van der Waals surface area contributed by atoms with Crippen molar-refractivity contribution in [1.29, 1.82) is 0 Å². The van der Waals surface area contributed by atoms with Crippen molar-refractivity contribution in [1.82, 2.24) is 0 Å². The molecule has 0 atom stereocenters. The van der Waals surface area contributed by atoms with Gasteiger partial charge in [-0.1, -0.05) is 5.67 Å². The first-order chi connectivity index (χ1) is 2.41. The van der Waals surface area contributed by atoms with Crippen LogP contribution in [0.2, 0.25) is 0 Å². The zero-order chi connectivity index (χ0) is 4.12. The van der Waals surface area contributed by atoms with E-state index in [0.717, 1.165) is 0 Å². The fourth-order valence-corrected chi connectivity index (χ4v) is 0.224. The molecule has 0 aromatic heterocycles. The molecule has 28 valence electrons. The van der Waals surface area contributed by atoms with Crippen LogP contribution in [0.5, 0.6) is 0 Å². The molecule has 5 heavy (non-hydrogen) atoms. The summed E-state index contributed by atoms with van der Waals surface area (Å²) in [4.78, 5) is 8.01. The van der Waals surface area contributed by atoms with Gasteiger partial charge in [0.05, 0.1) is 13.3 Å². The highest BCUT2D eigenvalue weighted by atomic mass is 28.2. The first kappa shape index (κ1) is 4.76. The minimum atomic E-state index is -0.0228. The Labute approximate surface area is 34.2 Å². The molecule has 0 bridgehead atoms. The normalized spacial score (nSPS) is 9.00. The molecule has 0 aliphatic carbocycles. The molecule has 0 saturated heterocycles. The van der Waals surface area contributed by atoms with Crippen LogP contribution in [0.15, 0.2) is 0 Å². The van der Waals surface area contributed by atoms with Crippen molar-refractivity contribution >= 4 is 15.0 Å². The lowest BCUT2D eigenvalue weighted by atomic mass is 10.6. The summed E-state index contributed by atoms with van der Waals surface area (Å²) >= 11 is 0. The zero-order valence-electron chi connectivity index (χ0n) is 3.10. The summed E-state index contributed by atoms with van der Waals surface area (Å²) in [6.45, 7) is 1.88. The van der Waals surface area contributed by atoms with Crippen molar-refractivity contribution < 1.29 is 4.80 Å². The van der Waals surface area contributed by atoms with Gasteiger partial charge in [0.25, 0.3) is 0 Å². The second kappa shape index (κ2) is 3.76. The van der Waals surface area contributed by atoms with Crippen molar-refractivity contribution in [2.24, 2.45) is 0 Å². The minimum Gasteiger partial charge on any atom is -0.747 e. The Morgan fingerprint density at radius 2 is 2.60 bits per heavy atom. The molecular weight excluding hydrogens is 80.1 g/mol. The highest BCUT2D eigenvalue weighted by molar-refractivity contribution is 6.41. The van der Waals surface area contributed by atoms with Crippen LogP contribution < -0.4 is 0 Å². The van der Waals surface area contributed by atoms with Gasteiger partial charge < -0.3 is 4.80 Å². The topological polar surface area (TPSA) is 20.2 Å². The van der Waals surface area contributed by atoms with E-state index in [9.17, 15) is 0 Å². The summed E-state index contributed by atoms with van der Waals surface area (Å²) in [5.74, 6) is 0. The average molecular weight is 86.2 g/mol. The van der Waals surface area contributed by atoms with Gasteiger partial charge in [-0.05, 0) is 0 Å². The van der Waals surface area contributed by atoms with Gasteiger partial charge in [0, 0.05) is 0 Å². The highest BCUT2D eigenvalue weighted by Gasteiger charge is 1.55. The van der Waals surface area contributed by atoms with Gasteiger partial charge in [0.2, 0.25) is 0 Å². The van der Waals surface area contributed by atoms with Crippen molar-refractivity contribution in [3.63, 3.8) is 0 Å². The predicted molar refractivity (Wildman–Crippen MR) is 24.0 cm³/mol. The summed E-state index contributed by atoms with van der Waals surface area (Å²) in [6, 6.07) is 0. The molecule has 1 N–H and O–H groups in total. The maximum absolute atomic E-state index is 8.01. The number of hydrogen-bond acceptors (Lipinski definition) is 1. The molecule has 0 aromatic carbocycles. The maximum Gasteiger partial charge on any atom is 0.0786 e. The monoisotopic (exact) mass is 86.0 g/mol. The van der Waals surface area contributed by atoms with Crippen LogP contribution in [-0.2, 0) is 0 Å². The molecule has 0 aromatic rings. The van der Waals surface area contributed by atoms with Crippen LogP contribution in [-0.4, -0.2) is 19.8 Å². The Balaban J connectivity index is 2.62. The van der Waals surface area contributed by atoms with Crippen molar-refractivity contribution in [3.8, 4) is 0 Å². The number of rotatable bonds is 1. The van der Waals surface area contributed by atoms with Crippen molar-refractivity contribution in [2.75, 3.05) is 0 Å². The zero-order valence-corrected chi connectivity index (χ0v) is 4.10. The van der Waals surface area contributed by atoms with E-state index in [2.05, 4.69) is 0 Å². The molecule has 0 fully saturated rings. The molecule has 0 unspecified atom stereocenters. The molecule has 0 aliphatic rings. The summed E-state index contributed by atoms with van der Waals surface area (Å²) in [6.07, 6.45) is 1.82. The molecule has 0 radical (unpaired) electrons. The van der Waals surface area contributed by atoms with Gasteiger partial charge in [-0.2, -0.15) is 9.38 Å². The smallest absolute Gasteiger partial charge is 0.0786 e. The van der Waals surface area contributed by atoms with Gasteiger partial charge in [-0.25, -0.2) is 0 Å². The SMILES string of the molecule is C[CH+]C=[Si-]O. The number of hydrogen-bond donors (Lipinski definition) is 1. The molecule has 0 heterocycles. The lowest BCUT2D eigenvalue weighted by Gasteiger charge is -1.74. The summed E-state index contributed by atoms with van der Waals surface area (Å²) in [5.41, 5.74) is 1.71. The molecule has 0 rings (SSSR count). The van der Waals surface area contributed by atoms with Gasteiger partial charge >= 0.3 is 0 Å². The largest absolute Gasteiger partial charge is 0.747 e. The standard InChI is InChI=1S/C3H6OSi/c1-2-3-5-4/h2-4H,1H3.